The van der Waals surface area contributed by atoms with E-state index in [1.165, 1.54) is 25.7 Å². The van der Waals surface area contributed by atoms with Gasteiger partial charge in [-0.3, -0.25) is 4.79 Å². The van der Waals surface area contributed by atoms with Crippen molar-refractivity contribution in [1.29, 1.82) is 0 Å². The fourth-order valence-corrected chi connectivity index (χ4v) is 4.20. The minimum Gasteiger partial charge on any atom is -0.330 e. The topological polar surface area (TPSA) is 24.8 Å². The fraction of sp³-hybridized carbons (Fsp3) is 0.611. The number of hydrogen-bond acceptors (Lipinski definition) is 1. The molecule has 1 aromatic rings. The highest BCUT2D eigenvalue weighted by Crippen LogP contribution is 2.22. The minimum atomic E-state index is 0.124. The molecular formula is C18H26ClN2O+. The molecule has 1 heterocycles. The summed E-state index contributed by atoms with van der Waals surface area (Å²) in [4.78, 5) is 16.2. The van der Waals surface area contributed by atoms with Crippen LogP contribution in [0.15, 0.2) is 24.3 Å². The molecule has 3 rings (SSSR count). The minimum absolute atomic E-state index is 0.124. The molecule has 1 amide bonds. The van der Waals surface area contributed by atoms with Crippen LogP contribution in [0.4, 0.5) is 0 Å². The van der Waals surface area contributed by atoms with E-state index in [1.807, 2.05) is 23.1 Å². The molecule has 1 aliphatic heterocycles. The number of hydrogen-bond donors (Lipinski definition) is 1. The highest BCUT2D eigenvalue weighted by molar-refractivity contribution is 6.30. The molecule has 2 fully saturated rings. The number of quaternary nitrogens is 1. The zero-order chi connectivity index (χ0) is 15.5. The molecule has 1 saturated carbocycles. The normalized spacial score (nSPS) is 26.9. The molecule has 2 atom stereocenters. The zero-order valence-corrected chi connectivity index (χ0v) is 14.1. The van der Waals surface area contributed by atoms with Crippen molar-refractivity contribution in [2.45, 2.75) is 38.6 Å². The highest BCUT2D eigenvalue weighted by Gasteiger charge is 2.32. The molecule has 120 valence electrons. The average Bonchev–Trinajstić information content (AvgIpc) is 2.54. The maximum absolute atomic E-state index is 12.5. The van der Waals surface area contributed by atoms with Crippen LogP contribution in [0.25, 0.3) is 0 Å². The Hall–Kier alpha value is -1.06. The summed E-state index contributed by atoms with van der Waals surface area (Å²) < 4.78 is 0. The Bertz CT molecular complexity index is 526. The first kappa shape index (κ1) is 15.8. The summed E-state index contributed by atoms with van der Waals surface area (Å²) in [7, 11) is 0. The predicted molar refractivity (Wildman–Crippen MR) is 89.5 cm³/mol. The van der Waals surface area contributed by atoms with E-state index in [9.17, 15) is 4.79 Å². The van der Waals surface area contributed by atoms with Gasteiger partial charge in [0, 0.05) is 17.0 Å². The summed E-state index contributed by atoms with van der Waals surface area (Å²) in [6.45, 7) is 6.29. The van der Waals surface area contributed by atoms with Crippen LogP contribution < -0.4 is 4.90 Å². The molecule has 1 N–H and O–H groups in total. The molecule has 0 spiro atoms. The molecule has 1 aliphatic carbocycles. The first-order chi connectivity index (χ1) is 10.6. The number of amides is 1. The second kappa shape index (κ2) is 7.01. The van der Waals surface area contributed by atoms with Gasteiger partial charge in [0.2, 0.25) is 0 Å². The predicted octanol–water partition coefficient (Wildman–Crippen LogP) is 2.26. The first-order valence-electron chi connectivity index (χ1n) is 8.53. The van der Waals surface area contributed by atoms with E-state index in [4.69, 9.17) is 11.6 Å². The second-order valence-corrected chi connectivity index (χ2v) is 7.37. The number of nitrogens with one attached hydrogen (secondary N) is 1. The molecule has 22 heavy (non-hydrogen) atoms. The van der Waals surface area contributed by atoms with E-state index in [0.717, 1.165) is 38.1 Å². The van der Waals surface area contributed by atoms with Crippen LogP contribution in [-0.4, -0.2) is 43.0 Å². The Morgan fingerprint density at radius 2 is 2.05 bits per heavy atom. The largest absolute Gasteiger partial charge is 0.330 e. The van der Waals surface area contributed by atoms with Gasteiger partial charge in [-0.2, -0.15) is 0 Å². The van der Waals surface area contributed by atoms with Crippen molar-refractivity contribution in [3.8, 4) is 0 Å². The molecule has 3 nitrogen and oxygen atoms in total. The summed E-state index contributed by atoms with van der Waals surface area (Å²) in [6.07, 6.45) is 5.49. The molecule has 1 aromatic carbocycles. The van der Waals surface area contributed by atoms with Gasteiger partial charge in [0.1, 0.15) is 0 Å². The monoisotopic (exact) mass is 321 g/mol. The third kappa shape index (κ3) is 3.64. The van der Waals surface area contributed by atoms with Gasteiger partial charge in [-0.25, -0.2) is 0 Å². The van der Waals surface area contributed by atoms with E-state index in [-0.39, 0.29) is 5.91 Å². The molecule has 0 aromatic heterocycles. The van der Waals surface area contributed by atoms with E-state index < -0.39 is 0 Å². The van der Waals surface area contributed by atoms with Crippen LogP contribution in [-0.2, 0) is 0 Å². The Labute approximate surface area is 138 Å². The molecule has 0 radical (unpaired) electrons. The lowest BCUT2D eigenvalue weighted by Crippen LogP contribution is -3.18. The molecular weight excluding hydrogens is 296 g/mol. The zero-order valence-electron chi connectivity index (χ0n) is 13.4. The lowest BCUT2D eigenvalue weighted by atomic mass is 9.86. The van der Waals surface area contributed by atoms with Crippen molar-refractivity contribution >= 4 is 17.5 Å². The van der Waals surface area contributed by atoms with Gasteiger partial charge in [0.05, 0.1) is 32.2 Å². The van der Waals surface area contributed by atoms with E-state index in [1.54, 1.807) is 11.0 Å². The summed E-state index contributed by atoms with van der Waals surface area (Å²) in [5.74, 6) is 0.996. The Morgan fingerprint density at radius 1 is 1.27 bits per heavy atom. The third-order valence-electron chi connectivity index (χ3n) is 5.28. The van der Waals surface area contributed by atoms with Crippen LogP contribution in [0.2, 0.25) is 5.02 Å². The van der Waals surface area contributed by atoms with Crippen LogP contribution in [0.5, 0.6) is 0 Å². The number of carbonyl (C=O) groups is 1. The maximum atomic E-state index is 12.5. The highest BCUT2D eigenvalue weighted by atomic mass is 35.5. The van der Waals surface area contributed by atoms with Gasteiger partial charge in [-0.1, -0.05) is 31.0 Å². The molecule has 4 heteroatoms. The quantitative estimate of drug-likeness (QED) is 0.888. The van der Waals surface area contributed by atoms with Gasteiger partial charge in [-0.15, -0.1) is 0 Å². The molecule has 0 unspecified atom stereocenters. The Morgan fingerprint density at radius 3 is 2.73 bits per heavy atom. The second-order valence-electron chi connectivity index (χ2n) is 6.93. The number of benzene rings is 1. The smallest absolute Gasteiger partial charge is 0.254 e. The van der Waals surface area contributed by atoms with Crippen molar-refractivity contribution in [2.24, 2.45) is 5.92 Å². The lowest BCUT2D eigenvalue weighted by Gasteiger charge is -2.39. The summed E-state index contributed by atoms with van der Waals surface area (Å²) >= 11 is 5.99. The molecule has 2 aliphatic rings. The summed E-state index contributed by atoms with van der Waals surface area (Å²) in [5, 5.41) is 0.631. The lowest BCUT2D eigenvalue weighted by molar-refractivity contribution is -0.930. The summed E-state index contributed by atoms with van der Waals surface area (Å²) in [5.41, 5.74) is 0.710. The number of rotatable bonds is 2. The van der Waals surface area contributed by atoms with Crippen LogP contribution in [0, 0.1) is 5.92 Å². The molecule has 1 saturated heterocycles. The van der Waals surface area contributed by atoms with Crippen molar-refractivity contribution in [2.75, 3.05) is 26.2 Å². The van der Waals surface area contributed by atoms with Gasteiger partial charge in [0.15, 0.2) is 0 Å². The van der Waals surface area contributed by atoms with E-state index >= 15 is 0 Å². The van der Waals surface area contributed by atoms with Crippen LogP contribution >= 0.6 is 11.6 Å². The van der Waals surface area contributed by atoms with Gasteiger partial charge < -0.3 is 9.80 Å². The van der Waals surface area contributed by atoms with Crippen LogP contribution in [0.1, 0.15) is 43.0 Å². The summed E-state index contributed by atoms with van der Waals surface area (Å²) in [6, 6.07) is 8.10. The Kier molecular flexibility index (Phi) is 5.04. The van der Waals surface area contributed by atoms with E-state index in [2.05, 4.69) is 6.92 Å². The maximum Gasteiger partial charge on any atom is 0.254 e. The van der Waals surface area contributed by atoms with Crippen LogP contribution in [0.3, 0.4) is 0 Å². The van der Waals surface area contributed by atoms with Gasteiger partial charge >= 0.3 is 0 Å². The number of carbonyl (C=O) groups excluding carboxylic acids is 1. The molecule has 0 bridgehead atoms. The average molecular weight is 322 g/mol. The van der Waals surface area contributed by atoms with E-state index in [0.29, 0.717) is 10.6 Å². The fourth-order valence-electron chi connectivity index (χ4n) is 4.01. The van der Waals surface area contributed by atoms with Crippen molar-refractivity contribution in [3.05, 3.63) is 34.9 Å². The number of nitrogens with zero attached hydrogens (tertiary/aromatic N) is 1. The first-order valence-corrected chi connectivity index (χ1v) is 8.90. The van der Waals surface area contributed by atoms with Gasteiger partial charge in [0.25, 0.3) is 5.91 Å². The SMILES string of the molecule is C[C@H]1CCC[C@H]([NH+]2CCN(C(=O)c3cccc(Cl)c3)CC2)C1. The van der Waals surface area contributed by atoms with Crippen molar-refractivity contribution in [1.82, 2.24) is 4.90 Å². The third-order valence-corrected chi connectivity index (χ3v) is 5.51. The number of piperazine rings is 1. The Balaban J connectivity index is 1.56. The van der Waals surface area contributed by atoms with Gasteiger partial charge in [-0.05, 0) is 37.0 Å². The van der Waals surface area contributed by atoms with Crippen molar-refractivity contribution < 1.29 is 9.69 Å². The number of halogens is 1. The van der Waals surface area contributed by atoms with Crippen molar-refractivity contribution in [3.63, 3.8) is 0 Å². The standard InChI is InChI=1S/C18H25ClN2O/c1-14-4-2-7-17(12-14)20-8-10-21(11-9-20)18(22)15-5-3-6-16(19)13-15/h3,5-6,13-14,17H,2,4,7-12H2,1H3/p+1/t14-,17-/m0/s1.